The van der Waals surface area contributed by atoms with E-state index >= 15 is 0 Å². The van der Waals surface area contributed by atoms with Crippen molar-refractivity contribution in [2.24, 2.45) is 17.8 Å². The lowest BCUT2D eigenvalue weighted by molar-refractivity contribution is -0.141. The second-order valence-electron chi connectivity index (χ2n) is 10.8. The summed E-state index contributed by atoms with van der Waals surface area (Å²) in [7, 11) is 1.51. The van der Waals surface area contributed by atoms with Gasteiger partial charge in [0.2, 0.25) is 11.8 Å². The number of aliphatic carboxylic acids is 1. The molecule has 0 saturated carbocycles. The number of phenols is 1. The van der Waals surface area contributed by atoms with Crippen LogP contribution in [0.4, 0.5) is 0 Å². The Labute approximate surface area is 255 Å². The Balaban J connectivity index is 1.75. The van der Waals surface area contributed by atoms with Crippen LogP contribution in [0.1, 0.15) is 77.2 Å². The van der Waals surface area contributed by atoms with Crippen molar-refractivity contribution in [3.05, 3.63) is 38.0 Å². The first-order valence-corrected chi connectivity index (χ1v) is 15.5. The third-order valence-electron chi connectivity index (χ3n) is 8.36. The number of likely N-dealkylation sites (tertiary alicyclic amines) is 1. The maximum atomic E-state index is 13.4. The van der Waals surface area contributed by atoms with Gasteiger partial charge in [-0.25, -0.2) is 0 Å². The number of carbonyl (C=O) groups excluding carboxylic acids is 2. The average molecular weight is 684 g/mol. The number of aliphatic hydroxyl groups is 2. The molecular weight excluding hydrogens is 641 g/mol. The number of carbonyl (C=O) groups is 3. The maximum Gasteiger partial charge on any atom is 0.303 e. The van der Waals surface area contributed by atoms with Crippen LogP contribution in [0, 0.1) is 21.3 Å². The molecule has 1 aromatic carbocycles. The normalized spacial score (nSPS) is 21.9. The van der Waals surface area contributed by atoms with Crippen LogP contribution < -0.4 is 4.74 Å². The third-order valence-corrected chi connectivity index (χ3v) is 9.19. The summed E-state index contributed by atoms with van der Waals surface area (Å²) >= 11 is 2.06. The van der Waals surface area contributed by atoms with Crippen molar-refractivity contribution < 1.29 is 39.5 Å². The van der Waals surface area contributed by atoms with E-state index in [2.05, 4.69) is 22.6 Å². The molecule has 4 atom stereocenters. The van der Waals surface area contributed by atoms with E-state index in [-0.39, 0.29) is 37.1 Å². The number of allylic oxidation sites excluding steroid dienone is 2. The minimum absolute atomic E-state index is 0.0577. The van der Waals surface area contributed by atoms with Gasteiger partial charge in [-0.05, 0) is 90.8 Å². The summed E-state index contributed by atoms with van der Waals surface area (Å²) in [5.74, 6) is -2.76. The summed E-state index contributed by atoms with van der Waals surface area (Å²) in [6.07, 6.45) is 5.63. The lowest BCUT2D eigenvalue weighted by atomic mass is 9.67. The number of halogens is 1. The molecule has 1 heterocycles. The number of methoxy groups -OCH3 is 1. The molecule has 1 aliphatic heterocycles. The highest BCUT2D eigenvalue weighted by atomic mass is 127. The van der Waals surface area contributed by atoms with Gasteiger partial charge in [-0.2, -0.15) is 0 Å². The minimum Gasteiger partial charge on any atom is -0.504 e. The number of amides is 2. The molecule has 1 fully saturated rings. The predicted octanol–water partition coefficient (Wildman–Crippen LogP) is 4.90. The van der Waals surface area contributed by atoms with Crippen LogP contribution in [0.2, 0.25) is 0 Å². The number of hydrogen-bond acceptors (Lipinski definition) is 7. The van der Waals surface area contributed by atoms with E-state index in [1.54, 1.807) is 6.07 Å². The molecular formula is C31H42INO8. The summed E-state index contributed by atoms with van der Waals surface area (Å²) in [5, 5.41) is 40.8. The van der Waals surface area contributed by atoms with E-state index in [9.17, 15) is 29.7 Å². The number of carboxylic acids is 1. The monoisotopic (exact) mass is 683 g/mol. The largest absolute Gasteiger partial charge is 0.504 e. The third kappa shape index (κ3) is 7.70. The first-order chi connectivity index (χ1) is 19.6. The summed E-state index contributed by atoms with van der Waals surface area (Å²) in [6, 6.07) is 3.64. The number of aromatic hydroxyl groups is 1. The van der Waals surface area contributed by atoms with E-state index < -0.39 is 29.8 Å². The van der Waals surface area contributed by atoms with E-state index in [4.69, 9.17) is 9.84 Å². The van der Waals surface area contributed by atoms with Crippen molar-refractivity contribution in [3.8, 4) is 11.5 Å². The lowest BCUT2D eigenvalue weighted by Crippen LogP contribution is -2.39. The fourth-order valence-corrected chi connectivity index (χ4v) is 6.83. The zero-order chi connectivity index (χ0) is 30.3. The molecule has 1 aromatic rings. The molecule has 0 radical (unpaired) electrons. The smallest absolute Gasteiger partial charge is 0.303 e. The van der Waals surface area contributed by atoms with Crippen LogP contribution in [0.3, 0.4) is 0 Å². The van der Waals surface area contributed by atoms with Gasteiger partial charge in [0.1, 0.15) is 0 Å². The molecule has 1 aliphatic carbocycles. The zero-order valence-corrected chi connectivity index (χ0v) is 26.2. The molecule has 2 amide bonds. The van der Waals surface area contributed by atoms with E-state index in [0.717, 1.165) is 23.1 Å². The Morgan fingerprint density at radius 3 is 2.51 bits per heavy atom. The summed E-state index contributed by atoms with van der Waals surface area (Å²) < 4.78 is 5.95. The van der Waals surface area contributed by atoms with Gasteiger partial charge in [0, 0.05) is 18.9 Å². The number of rotatable bonds is 15. The van der Waals surface area contributed by atoms with Gasteiger partial charge in [-0.15, -0.1) is 0 Å². The van der Waals surface area contributed by atoms with Crippen molar-refractivity contribution >= 4 is 46.5 Å². The highest BCUT2D eigenvalue weighted by Gasteiger charge is 2.54. The van der Waals surface area contributed by atoms with Crippen LogP contribution in [0.5, 0.6) is 11.5 Å². The molecule has 10 heteroatoms. The van der Waals surface area contributed by atoms with E-state index in [1.165, 1.54) is 12.0 Å². The van der Waals surface area contributed by atoms with Gasteiger partial charge in [0.25, 0.3) is 0 Å². The molecule has 0 unspecified atom stereocenters. The van der Waals surface area contributed by atoms with Crippen molar-refractivity contribution in [1.29, 1.82) is 0 Å². The van der Waals surface area contributed by atoms with Gasteiger partial charge in [-0.1, -0.05) is 37.5 Å². The number of fused-ring (bicyclic) bond motifs is 1. The van der Waals surface area contributed by atoms with Crippen molar-refractivity contribution in [2.75, 3.05) is 20.3 Å². The zero-order valence-electron chi connectivity index (χ0n) is 24.1. The molecule has 0 spiro atoms. The molecule has 0 bridgehead atoms. The number of imide groups is 1. The topological polar surface area (TPSA) is 145 Å². The Kier molecular flexibility index (Phi) is 12.2. The average Bonchev–Trinajstić information content (AvgIpc) is 3.19. The van der Waals surface area contributed by atoms with Gasteiger partial charge in [-0.3, -0.25) is 19.3 Å². The molecule has 41 heavy (non-hydrogen) atoms. The molecule has 3 rings (SSSR count). The van der Waals surface area contributed by atoms with Crippen LogP contribution in [-0.4, -0.2) is 69.5 Å². The fraction of sp³-hybridized carbons (Fsp3) is 0.581. The first-order valence-electron chi connectivity index (χ1n) is 14.4. The van der Waals surface area contributed by atoms with E-state index in [1.807, 2.05) is 26.0 Å². The highest BCUT2D eigenvalue weighted by Crippen LogP contribution is 2.47. The standard InChI is InChI=1S/C31H42INO8/c1-4-18(13-19-14-23(32)29(38)25(15-19)41-3)10-11-24(35)27-20(5-2)16-21-28(22(27)17-34)31(40)33(30(21)39)12-8-6-7-9-26(36)37/h13-15,21-22,24,28,34-35,38H,4-12,16-17H2,1-3H3,(H,36,37)/b18-13+/t21-,22+,24-,28-/m1/s1. The number of nitrogens with zero attached hydrogens (tertiary/aromatic N) is 1. The molecule has 1 saturated heterocycles. The number of carboxylic acid groups (broad SMARTS) is 1. The Hall–Kier alpha value is -2.44. The quantitative estimate of drug-likeness (QED) is 0.0885. The van der Waals surface area contributed by atoms with E-state index in [0.29, 0.717) is 59.8 Å². The molecule has 9 nitrogen and oxygen atoms in total. The van der Waals surface area contributed by atoms with Crippen molar-refractivity contribution in [2.45, 2.75) is 77.7 Å². The number of benzene rings is 1. The molecule has 4 N–H and O–H groups in total. The summed E-state index contributed by atoms with van der Waals surface area (Å²) in [4.78, 5) is 38.7. The predicted molar refractivity (Wildman–Crippen MR) is 163 cm³/mol. The number of aliphatic hydroxyl groups excluding tert-OH is 2. The van der Waals surface area contributed by atoms with Gasteiger partial charge in [0.05, 0.1) is 35.2 Å². The summed E-state index contributed by atoms with van der Waals surface area (Å²) in [6.45, 7) is 3.92. The Morgan fingerprint density at radius 1 is 1.17 bits per heavy atom. The van der Waals surface area contributed by atoms with Crippen LogP contribution in [0.15, 0.2) is 28.9 Å². The minimum atomic E-state index is -0.865. The van der Waals surface area contributed by atoms with Crippen molar-refractivity contribution in [1.82, 2.24) is 4.90 Å². The SMILES string of the molecule is CCC1=C([C@H](O)CC/C(=C/c2cc(I)c(O)c(OC)c2)CC)[C@H](CO)[C@@H]2C(=O)N(CCCCCC(=O)O)C(=O)[C@@H]2C1. The van der Waals surface area contributed by atoms with Crippen LogP contribution in [-0.2, 0) is 14.4 Å². The van der Waals surface area contributed by atoms with Gasteiger partial charge >= 0.3 is 5.97 Å². The van der Waals surface area contributed by atoms with Crippen LogP contribution in [0.25, 0.3) is 6.08 Å². The molecule has 0 aromatic heterocycles. The number of hydrogen-bond donors (Lipinski definition) is 4. The Bertz CT molecular complexity index is 1190. The number of phenolic OH excluding ortho intramolecular Hbond substituents is 1. The second kappa shape index (κ2) is 15.2. The number of unbranched alkanes of at least 4 members (excludes halogenated alkanes) is 2. The molecule has 2 aliphatic rings. The highest BCUT2D eigenvalue weighted by molar-refractivity contribution is 14.1. The maximum absolute atomic E-state index is 13.4. The number of ether oxygens (including phenoxy) is 1. The lowest BCUT2D eigenvalue weighted by Gasteiger charge is -2.36. The molecule has 226 valence electrons. The van der Waals surface area contributed by atoms with Gasteiger partial charge < -0.3 is 25.2 Å². The fourth-order valence-electron chi connectivity index (χ4n) is 6.20. The van der Waals surface area contributed by atoms with Crippen molar-refractivity contribution in [3.63, 3.8) is 0 Å². The Morgan fingerprint density at radius 2 is 1.90 bits per heavy atom. The summed E-state index contributed by atoms with van der Waals surface area (Å²) in [5.41, 5.74) is 3.61. The van der Waals surface area contributed by atoms with Gasteiger partial charge in [0.15, 0.2) is 11.5 Å². The second-order valence-corrected chi connectivity index (χ2v) is 12.0. The first kappa shape index (κ1) is 33.1. The van der Waals surface area contributed by atoms with Crippen LogP contribution >= 0.6 is 22.6 Å².